The van der Waals surface area contributed by atoms with Crippen molar-refractivity contribution >= 4 is 18.3 Å². The van der Waals surface area contributed by atoms with E-state index >= 15 is 0 Å². The highest BCUT2D eigenvalue weighted by Gasteiger charge is 1.80. The average molecular weight is 136 g/mol. The first-order valence-corrected chi connectivity index (χ1v) is 2.12. The molecule has 0 unspecified atom stereocenters. The van der Waals surface area contributed by atoms with E-state index < -0.39 is 0 Å². The zero-order valence-corrected chi connectivity index (χ0v) is 5.62. The van der Waals surface area contributed by atoms with Crippen molar-refractivity contribution in [3.63, 3.8) is 0 Å². The maximum absolute atomic E-state index is 10.0. The average Bonchev–Trinajstić information content (AvgIpc) is 1.61. The van der Waals surface area contributed by atoms with Gasteiger partial charge in [-0.05, 0) is 0 Å². The maximum Gasteiger partial charge on any atom is 0.217 e. The quantitative estimate of drug-likeness (QED) is 0.556. The summed E-state index contributed by atoms with van der Waals surface area (Å²) in [5, 5.41) is 2.54. The zero-order chi connectivity index (χ0) is 5.70. The molecule has 0 atom stereocenters. The van der Waals surface area contributed by atoms with Gasteiger partial charge in [0, 0.05) is 13.5 Å². The Morgan fingerprint density at radius 2 is 2.38 bits per heavy atom. The molecule has 0 aromatic rings. The van der Waals surface area contributed by atoms with Crippen LogP contribution in [-0.4, -0.2) is 12.5 Å². The van der Waals surface area contributed by atoms with Crippen LogP contribution in [0.1, 0.15) is 6.92 Å². The second-order valence-electron chi connectivity index (χ2n) is 1.23. The second-order valence-corrected chi connectivity index (χ2v) is 1.23. The molecule has 0 fully saturated rings. The molecule has 0 aromatic carbocycles. The third-order valence-electron chi connectivity index (χ3n) is 0.495. The Morgan fingerprint density at radius 1 is 1.88 bits per heavy atom. The summed E-state index contributed by atoms with van der Waals surface area (Å²) in [7, 11) is 0. The van der Waals surface area contributed by atoms with E-state index in [4.69, 9.17) is 0 Å². The summed E-state index contributed by atoms with van der Waals surface area (Å²) in [6, 6.07) is 0. The van der Waals surface area contributed by atoms with Crippen molar-refractivity contribution in [2.75, 3.05) is 6.54 Å². The Balaban J connectivity index is 0. The van der Waals surface area contributed by atoms with E-state index in [2.05, 4.69) is 11.9 Å². The number of nitrogens with one attached hydrogen (secondary N) is 1. The summed E-state index contributed by atoms with van der Waals surface area (Å²) >= 11 is 0. The van der Waals surface area contributed by atoms with Crippen LogP contribution >= 0.6 is 12.4 Å². The van der Waals surface area contributed by atoms with Crippen molar-refractivity contribution in [1.29, 1.82) is 0 Å². The van der Waals surface area contributed by atoms with Gasteiger partial charge in [-0.25, -0.2) is 0 Å². The zero-order valence-electron chi connectivity index (χ0n) is 4.81. The van der Waals surface area contributed by atoms with Gasteiger partial charge in [-0.2, -0.15) is 0 Å². The van der Waals surface area contributed by atoms with Gasteiger partial charge in [0.2, 0.25) is 5.91 Å². The van der Waals surface area contributed by atoms with Crippen LogP contribution in [0.5, 0.6) is 0 Å². The van der Waals surface area contributed by atoms with Gasteiger partial charge in [-0.3, -0.25) is 4.79 Å². The normalized spacial score (nSPS) is 6.62. The second kappa shape index (κ2) is 6.50. The summed E-state index contributed by atoms with van der Waals surface area (Å²) in [4.78, 5) is 10.0. The number of halogens is 1. The number of rotatable bonds is 2. The molecule has 0 aromatic heterocycles. The Bertz CT molecular complexity index is 82.5. The summed E-state index contributed by atoms with van der Waals surface area (Å²) in [5.41, 5.74) is 0. The summed E-state index contributed by atoms with van der Waals surface area (Å²) in [6.07, 6.45) is 1.64. The minimum absolute atomic E-state index is 0. The fraction of sp³-hybridized carbons (Fsp3) is 0.400. The highest BCUT2D eigenvalue weighted by Crippen LogP contribution is 1.59. The Kier molecular flexibility index (Phi) is 8.51. The van der Waals surface area contributed by atoms with Crippen molar-refractivity contribution in [1.82, 2.24) is 5.32 Å². The Morgan fingerprint density at radius 3 is 2.50 bits per heavy atom. The maximum atomic E-state index is 10.0. The van der Waals surface area contributed by atoms with Crippen LogP contribution in [0.2, 0.25) is 0 Å². The van der Waals surface area contributed by atoms with Gasteiger partial charge in [-0.15, -0.1) is 19.0 Å². The van der Waals surface area contributed by atoms with Gasteiger partial charge in [0.15, 0.2) is 0 Å². The van der Waals surface area contributed by atoms with Crippen LogP contribution < -0.4 is 5.32 Å². The molecule has 0 bridgehead atoms. The molecule has 48 valence electrons. The van der Waals surface area contributed by atoms with Crippen LogP contribution in [0.3, 0.4) is 0 Å². The fourth-order valence-corrected chi connectivity index (χ4v) is 0.216. The van der Waals surface area contributed by atoms with Crippen molar-refractivity contribution in [3.8, 4) is 0 Å². The van der Waals surface area contributed by atoms with E-state index in [0.29, 0.717) is 6.54 Å². The van der Waals surface area contributed by atoms with Gasteiger partial charge in [-0.1, -0.05) is 6.08 Å². The summed E-state index contributed by atoms with van der Waals surface area (Å²) in [5.74, 6) is -0.0140. The first kappa shape index (κ1) is 10.5. The van der Waals surface area contributed by atoms with Gasteiger partial charge < -0.3 is 5.32 Å². The lowest BCUT2D eigenvalue weighted by Crippen LogP contribution is -2.18. The molecule has 0 aliphatic carbocycles. The molecule has 0 saturated heterocycles. The molecule has 0 saturated carbocycles. The van der Waals surface area contributed by atoms with E-state index in [9.17, 15) is 4.79 Å². The van der Waals surface area contributed by atoms with Crippen LogP contribution in [0.25, 0.3) is 0 Å². The molecule has 0 radical (unpaired) electrons. The smallest absolute Gasteiger partial charge is 0.217 e. The number of carbonyl (C=O) groups is 1. The minimum atomic E-state index is -0.0140. The highest BCUT2D eigenvalue weighted by molar-refractivity contribution is 5.85. The molecule has 2 nitrogen and oxygen atoms in total. The molecule has 8 heavy (non-hydrogen) atoms. The standard InChI is InChI=1S/C5H9NO.ClH/c1-3-4-6-5(2)7;/h3H,1,4H2,2H3,(H,6,7);1H. The third kappa shape index (κ3) is 9.09. The van der Waals surface area contributed by atoms with Gasteiger partial charge >= 0.3 is 0 Å². The number of hydrogen-bond donors (Lipinski definition) is 1. The summed E-state index contributed by atoms with van der Waals surface area (Å²) < 4.78 is 0. The van der Waals surface area contributed by atoms with E-state index in [1.54, 1.807) is 6.08 Å². The molecule has 0 aliphatic rings. The lowest BCUT2D eigenvalue weighted by molar-refractivity contribution is -0.118. The molecule has 0 rings (SSSR count). The first-order valence-electron chi connectivity index (χ1n) is 2.12. The lowest BCUT2D eigenvalue weighted by atomic mass is 10.6. The van der Waals surface area contributed by atoms with Crippen LogP contribution in [0, 0.1) is 0 Å². The third-order valence-corrected chi connectivity index (χ3v) is 0.495. The number of amides is 1. The topological polar surface area (TPSA) is 29.1 Å². The monoisotopic (exact) mass is 135 g/mol. The van der Waals surface area contributed by atoms with Crippen molar-refractivity contribution < 1.29 is 4.79 Å². The molecule has 0 aliphatic heterocycles. The SMILES string of the molecule is C=CCNC(C)=O.Cl. The number of hydrogen-bond acceptors (Lipinski definition) is 1. The molecule has 0 heterocycles. The van der Waals surface area contributed by atoms with Crippen molar-refractivity contribution in [2.45, 2.75) is 6.92 Å². The Labute approximate surface area is 55.4 Å². The van der Waals surface area contributed by atoms with Gasteiger partial charge in [0.05, 0.1) is 0 Å². The minimum Gasteiger partial charge on any atom is -0.353 e. The molecular formula is C5H10ClNO. The molecule has 1 amide bonds. The largest absolute Gasteiger partial charge is 0.353 e. The molecule has 3 heteroatoms. The van der Waals surface area contributed by atoms with Crippen LogP contribution in [0.15, 0.2) is 12.7 Å². The fourth-order valence-electron chi connectivity index (χ4n) is 0.216. The van der Waals surface area contributed by atoms with Gasteiger partial charge in [0.25, 0.3) is 0 Å². The lowest BCUT2D eigenvalue weighted by Gasteiger charge is -1.90. The molecule has 1 N–H and O–H groups in total. The van der Waals surface area contributed by atoms with Crippen LogP contribution in [0.4, 0.5) is 0 Å². The predicted molar refractivity (Wildman–Crippen MR) is 36.1 cm³/mol. The van der Waals surface area contributed by atoms with Gasteiger partial charge in [0.1, 0.15) is 0 Å². The van der Waals surface area contributed by atoms with E-state index in [1.165, 1.54) is 6.92 Å². The molecular weight excluding hydrogens is 126 g/mol. The number of carbonyl (C=O) groups excluding carboxylic acids is 1. The summed E-state index contributed by atoms with van der Waals surface area (Å²) in [6.45, 7) is 5.46. The van der Waals surface area contributed by atoms with Crippen LogP contribution in [-0.2, 0) is 4.79 Å². The van der Waals surface area contributed by atoms with Crippen molar-refractivity contribution in [2.24, 2.45) is 0 Å². The highest BCUT2D eigenvalue weighted by atomic mass is 35.5. The Hall–Kier alpha value is -0.500. The predicted octanol–water partition coefficient (Wildman–Crippen LogP) is 0.730. The van der Waals surface area contributed by atoms with E-state index in [0.717, 1.165) is 0 Å². The molecule has 0 spiro atoms. The van der Waals surface area contributed by atoms with E-state index in [-0.39, 0.29) is 18.3 Å². The van der Waals surface area contributed by atoms with E-state index in [1.807, 2.05) is 0 Å². The van der Waals surface area contributed by atoms with Crippen molar-refractivity contribution in [3.05, 3.63) is 12.7 Å². The first-order chi connectivity index (χ1) is 3.27.